The summed E-state index contributed by atoms with van der Waals surface area (Å²) < 4.78 is 28.2. The average molecular weight is 445 g/mol. The molecule has 0 fully saturated rings. The second-order valence-electron chi connectivity index (χ2n) is 5.91. The van der Waals surface area contributed by atoms with Crippen LogP contribution >= 0.6 is 15.9 Å². The summed E-state index contributed by atoms with van der Waals surface area (Å²) in [6, 6.07) is 20.0. The Kier molecular flexibility index (Phi) is 5.62. The molecule has 0 aromatic heterocycles. The van der Waals surface area contributed by atoms with Gasteiger partial charge in [0.15, 0.2) is 0 Å². The lowest BCUT2D eigenvalue weighted by atomic mass is 10.1. The van der Waals surface area contributed by atoms with E-state index >= 15 is 0 Å². The zero-order valence-electron chi connectivity index (χ0n) is 14.4. The lowest BCUT2D eigenvalue weighted by molar-refractivity contribution is 0.102. The van der Waals surface area contributed by atoms with Crippen LogP contribution in [0.5, 0.6) is 0 Å². The summed E-state index contributed by atoms with van der Waals surface area (Å²) >= 11 is 3.40. The summed E-state index contributed by atoms with van der Waals surface area (Å²) in [6.45, 7) is 1.94. The third-order valence-electron chi connectivity index (χ3n) is 3.88. The van der Waals surface area contributed by atoms with Gasteiger partial charge >= 0.3 is 0 Å². The van der Waals surface area contributed by atoms with Crippen LogP contribution in [0.1, 0.15) is 15.9 Å². The molecule has 0 saturated carbocycles. The van der Waals surface area contributed by atoms with E-state index in [1.807, 2.05) is 19.1 Å². The molecule has 0 spiro atoms. The Morgan fingerprint density at radius 1 is 0.889 bits per heavy atom. The van der Waals surface area contributed by atoms with Crippen LogP contribution in [0.2, 0.25) is 0 Å². The van der Waals surface area contributed by atoms with Gasteiger partial charge in [-0.15, -0.1) is 0 Å². The van der Waals surface area contributed by atoms with Crippen LogP contribution in [0.25, 0.3) is 0 Å². The maximum Gasteiger partial charge on any atom is 0.261 e. The van der Waals surface area contributed by atoms with Gasteiger partial charge in [0.05, 0.1) is 4.90 Å². The van der Waals surface area contributed by atoms with E-state index in [0.717, 1.165) is 10.0 Å². The number of anilines is 2. The molecule has 27 heavy (non-hydrogen) atoms. The van der Waals surface area contributed by atoms with Crippen LogP contribution in [-0.4, -0.2) is 14.3 Å². The van der Waals surface area contributed by atoms with E-state index in [1.165, 1.54) is 12.1 Å². The van der Waals surface area contributed by atoms with Crippen molar-refractivity contribution in [3.8, 4) is 0 Å². The summed E-state index contributed by atoms with van der Waals surface area (Å²) in [5, 5.41) is 2.76. The molecular formula is C20H17BrN2O3S. The van der Waals surface area contributed by atoms with Gasteiger partial charge in [-0.3, -0.25) is 9.52 Å². The zero-order valence-corrected chi connectivity index (χ0v) is 16.8. The lowest BCUT2D eigenvalue weighted by Crippen LogP contribution is -2.14. The van der Waals surface area contributed by atoms with E-state index in [1.54, 1.807) is 48.5 Å². The van der Waals surface area contributed by atoms with Crippen molar-refractivity contribution in [2.75, 3.05) is 10.0 Å². The number of sulfonamides is 1. The molecule has 0 heterocycles. The number of carbonyl (C=O) groups excluding carboxylic acids is 1. The van der Waals surface area contributed by atoms with Crippen LogP contribution in [0.4, 0.5) is 11.4 Å². The quantitative estimate of drug-likeness (QED) is 0.592. The average Bonchev–Trinajstić information content (AvgIpc) is 2.65. The van der Waals surface area contributed by atoms with E-state index in [4.69, 9.17) is 0 Å². The highest BCUT2D eigenvalue weighted by atomic mass is 79.9. The SMILES string of the molecule is Cc1ccc(C(=O)Nc2ccc(S(=O)(=O)Nc3ccccc3)cc2)cc1Br. The van der Waals surface area contributed by atoms with Crippen molar-refractivity contribution in [2.24, 2.45) is 0 Å². The number of benzene rings is 3. The molecule has 3 aromatic rings. The molecule has 7 heteroatoms. The minimum Gasteiger partial charge on any atom is -0.322 e. The molecule has 0 atom stereocenters. The number of aryl methyl sites for hydroxylation is 1. The second-order valence-corrected chi connectivity index (χ2v) is 8.45. The number of hydrogen-bond donors (Lipinski definition) is 2. The number of nitrogens with one attached hydrogen (secondary N) is 2. The van der Waals surface area contributed by atoms with Crippen molar-refractivity contribution in [2.45, 2.75) is 11.8 Å². The van der Waals surface area contributed by atoms with E-state index in [2.05, 4.69) is 26.0 Å². The third kappa shape index (κ3) is 4.75. The molecule has 138 valence electrons. The first kappa shape index (κ1) is 19.1. The molecule has 0 aliphatic heterocycles. The fourth-order valence-corrected chi connectivity index (χ4v) is 3.81. The predicted octanol–water partition coefficient (Wildman–Crippen LogP) is 4.81. The normalized spacial score (nSPS) is 11.0. The Balaban J connectivity index is 1.73. The first-order chi connectivity index (χ1) is 12.8. The third-order valence-corrected chi connectivity index (χ3v) is 6.13. The van der Waals surface area contributed by atoms with Crippen molar-refractivity contribution in [3.05, 3.63) is 88.4 Å². The Hall–Kier alpha value is -2.64. The van der Waals surface area contributed by atoms with E-state index in [0.29, 0.717) is 16.9 Å². The monoisotopic (exact) mass is 444 g/mol. The van der Waals surface area contributed by atoms with Gasteiger partial charge in [0.2, 0.25) is 0 Å². The Morgan fingerprint density at radius 2 is 1.56 bits per heavy atom. The van der Waals surface area contributed by atoms with E-state index in [-0.39, 0.29) is 10.8 Å². The molecule has 0 bridgehead atoms. The van der Waals surface area contributed by atoms with Crippen molar-refractivity contribution in [1.82, 2.24) is 0 Å². The molecule has 0 unspecified atom stereocenters. The van der Waals surface area contributed by atoms with Gasteiger partial charge < -0.3 is 5.32 Å². The number of halogens is 1. The molecule has 1 amide bonds. The summed E-state index contributed by atoms with van der Waals surface area (Å²) in [5.74, 6) is -0.270. The maximum atomic E-state index is 12.4. The summed E-state index contributed by atoms with van der Waals surface area (Å²) in [4.78, 5) is 12.5. The molecule has 0 saturated heterocycles. The van der Waals surface area contributed by atoms with Crippen molar-refractivity contribution in [1.29, 1.82) is 0 Å². The number of rotatable bonds is 5. The molecule has 0 aliphatic rings. The minimum atomic E-state index is -3.69. The first-order valence-corrected chi connectivity index (χ1v) is 10.4. The molecule has 3 rings (SSSR count). The highest BCUT2D eigenvalue weighted by Crippen LogP contribution is 2.20. The Bertz CT molecular complexity index is 1070. The van der Waals surface area contributed by atoms with Gasteiger partial charge in [-0.1, -0.05) is 40.2 Å². The zero-order chi connectivity index (χ0) is 19.4. The Labute approximate surface area is 166 Å². The van der Waals surface area contributed by atoms with Crippen LogP contribution < -0.4 is 10.0 Å². The first-order valence-electron chi connectivity index (χ1n) is 8.10. The molecule has 2 N–H and O–H groups in total. The van der Waals surface area contributed by atoms with Crippen LogP contribution in [0, 0.1) is 6.92 Å². The number of amides is 1. The van der Waals surface area contributed by atoms with Gasteiger partial charge in [-0.2, -0.15) is 0 Å². The van der Waals surface area contributed by atoms with Crippen LogP contribution in [-0.2, 0) is 10.0 Å². The molecule has 3 aromatic carbocycles. The Morgan fingerprint density at radius 3 is 2.19 bits per heavy atom. The smallest absolute Gasteiger partial charge is 0.261 e. The van der Waals surface area contributed by atoms with Gasteiger partial charge in [0, 0.05) is 21.4 Å². The summed E-state index contributed by atoms with van der Waals surface area (Å²) in [5.41, 5.74) is 2.54. The van der Waals surface area contributed by atoms with Gasteiger partial charge in [0.1, 0.15) is 0 Å². The predicted molar refractivity (Wildman–Crippen MR) is 111 cm³/mol. The lowest BCUT2D eigenvalue weighted by Gasteiger charge is -2.10. The highest BCUT2D eigenvalue weighted by Gasteiger charge is 2.14. The molecule has 0 aliphatic carbocycles. The van der Waals surface area contributed by atoms with Crippen LogP contribution in [0.3, 0.4) is 0 Å². The summed E-state index contributed by atoms with van der Waals surface area (Å²) in [6.07, 6.45) is 0. The standard InChI is InChI=1S/C20H17BrN2O3S/c1-14-7-8-15(13-19(14)21)20(24)22-16-9-11-18(12-10-16)27(25,26)23-17-5-3-2-4-6-17/h2-13,23H,1H3,(H,22,24). The van der Waals surface area contributed by atoms with Crippen LogP contribution in [0.15, 0.2) is 82.2 Å². The number of carbonyl (C=O) groups is 1. The molecular weight excluding hydrogens is 428 g/mol. The second kappa shape index (κ2) is 7.94. The fourth-order valence-electron chi connectivity index (χ4n) is 2.38. The largest absolute Gasteiger partial charge is 0.322 e. The van der Waals surface area contributed by atoms with Crippen molar-refractivity contribution >= 4 is 43.2 Å². The van der Waals surface area contributed by atoms with Gasteiger partial charge in [-0.25, -0.2) is 8.42 Å². The van der Waals surface area contributed by atoms with Gasteiger partial charge in [-0.05, 0) is 61.0 Å². The molecule has 0 radical (unpaired) electrons. The number of hydrogen-bond acceptors (Lipinski definition) is 3. The highest BCUT2D eigenvalue weighted by molar-refractivity contribution is 9.10. The topological polar surface area (TPSA) is 75.3 Å². The maximum absolute atomic E-state index is 12.4. The minimum absolute atomic E-state index is 0.113. The van der Waals surface area contributed by atoms with Gasteiger partial charge in [0.25, 0.3) is 15.9 Å². The van der Waals surface area contributed by atoms with E-state index < -0.39 is 10.0 Å². The summed E-state index contributed by atoms with van der Waals surface area (Å²) in [7, 11) is -3.69. The fraction of sp³-hybridized carbons (Fsp3) is 0.0500. The molecule has 5 nitrogen and oxygen atoms in total. The van der Waals surface area contributed by atoms with Crippen molar-refractivity contribution in [3.63, 3.8) is 0 Å². The van der Waals surface area contributed by atoms with Crippen molar-refractivity contribution < 1.29 is 13.2 Å². The number of para-hydroxylation sites is 1. The van der Waals surface area contributed by atoms with E-state index in [9.17, 15) is 13.2 Å².